The quantitative estimate of drug-likeness (QED) is 0.652. The van der Waals surface area contributed by atoms with Crippen molar-refractivity contribution in [3.63, 3.8) is 0 Å². The summed E-state index contributed by atoms with van der Waals surface area (Å²) >= 11 is 3.10. The number of oxime groups is 1. The highest BCUT2D eigenvalue weighted by Crippen LogP contribution is 2.10. The Labute approximate surface area is 87.6 Å². The topological polar surface area (TPSA) is 84.9 Å². The van der Waals surface area contributed by atoms with Crippen molar-refractivity contribution in [2.24, 2.45) is 5.16 Å². The molecule has 1 rings (SSSR count). The van der Waals surface area contributed by atoms with Crippen LogP contribution in [0.5, 0.6) is 0 Å². The summed E-state index contributed by atoms with van der Waals surface area (Å²) in [4.78, 5) is 14.6. The largest absolute Gasteiger partial charge is 0.479 e. The average molecular weight is 263 g/mol. The maximum Gasteiger partial charge on any atom is 0.344 e. The molecular formula is C7H7BrN2O4. The van der Waals surface area contributed by atoms with Crippen LogP contribution < -0.4 is 0 Å². The van der Waals surface area contributed by atoms with E-state index < -0.39 is 12.6 Å². The van der Waals surface area contributed by atoms with Crippen LogP contribution in [-0.2, 0) is 9.63 Å². The molecule has 0 aliphatic rings. The highest BCUT2D eigenvalue weighted by Gasteiger charge is 2.05. The van der Waals surface area contributed by atoms with Crippen molar-refractivity contribution in [3.05, 3.63) is 16.4 Å². The fourth-order valence-electron chi connectivity index (χ4n) is 0.653. The van der Waals surface area contributed by atoms with Crippen molar-refractivity contribution in [2.75, 3.05) is 6.61 Å². The lowest BCUT2D eigenvalue weighted by atomic mass is 10.3. The summed E-state index contributed by atoms with van der Waals surface area (Å²) in [5.41, 5.74) is 0.421. The smallest absolute Gasteiger partial charge is 0.344 e. The van der Waals surface area contributed by atoms with Gasteiger partial charge in [0.1, 0.15) is 10.3 Å². The van der Waals surface area contributed by atoms with E-state index in [0.717, 1.165) is 0 Å². The van der Waals surface area contributed by atoms with Gasteiger partial charge in [-0.15, -0.1) is 0 Å². The number of hydrogen-bond acceptors (Lipinski definition) is 5. The minimum atomic E-state index is -1.08. The Morgan fingerprint density at radius 2 is 2.57 bits per heavy atom. The number of aromatic nitrogens is 1. The summed E-state index contributed by atoms with van der Waals surface area (Å²) in [6.45, 7) is 1.14. The molecule has 0 aromatic carbocycles. The van der Waals surface area contributed by atoms with E-state index in [4.69, 9.17) is 9.63 Å². The first-order valence-corrected chi connectivity index (χ1v) is 4.40. The van der Waals surface area contributed by atoms with Crippen molar-refractivity contribution in [3.8, 4) is 0 Å². The molecule has 0 aliphatic heterocycles. The molecule has 0 radical (unpaired) electrons. The SMILES string of the molecule is C/C(=N\OCC(=O)O)c1cc(Br)no1. The minimum absolute atomic E-state index is 0.419. The lowest BCUT2D eigenvalue weighted by Crippen LogP contribution is -2.05. The zero-order chi connectivity index (χ0) is 10.6. The van der Waals surface area contributed by atoms with Gasteiger partial charge in [-0.2, -0.15) is 0 Å². The molecule has 1 N–H and O–H groups in total. The second-order valence-electron chi connectivity index (χ2n) is 2.36. The number of nitrogens with zero attached hydrogens (tertiary/aromatic N) is 2. The van der Waals surface area contributed by atoms with Crippen LogP contribution in [0.4, 0.5) is 0 Å². The number of hydrogen-bond donors (Lipinski definition) is 1. The molecule has 0 saturated carbocycles. The fraction of sp³-hybridized carbons (Fsp3) is 0.286. The van der Waals surface area contributed by atoms with Crippen molar-refractivity contribution >= 4 is 27.6 Å². The second kappa shape index (κ2) is 4.75. The van der Waals surface area contributed by atoms with Crippen LogP contribution in [0.1, 0.15) is 12.7 Å². The van der Waals surface area contributed by atoms with Gasteiger partial charge in [0.05, 0.1) is 0 Å². The molecular weight excluding hydrogens is 256 g/mol. The average Bonchev–Trinajstić information content (AvgIpc) is 2.51. The Hall–Kier alpha value is -1.37. The first-order chi connectivity index (χ1) is 6.59. The number of aliphatic carboxylic acids is 1. The molecule has 1 aromatic rings. The fourth-order valence-corrected chi connectivity index (χ4v) is 0.934. The van der Waals surface area contributed by atoms with Crippen LogP contribution in [0.25, 0.3) is 0 Å². The lowest BCUT2D eigenvalue weighted by molar-refractivity contribution is -0.142. The molecule has 0 saturated heterocycles. The third-order valence-corrected chi connectivity index (χ3v) is 1.60. The molecule has 7 heteroatoms. The summed E-state index contributed by atoms with van der Waals surface area (Å²) in [6.07, 6.45) is 0. The number of carbonyl (C=O) groups is 1. The van der Waals surface area contributed by atoms with Crippen molar-refractivity contribution < 1.29 is 19.3 Å². The molecule has 0 unspecified atom stereocenters. The maximum absolute atomic E-state index is 10.1. The molecule has 6 nitrogen and oxygen atoms in total. The summed E-state index contributed by atoms with van der Waals surface area (Å²) in [5.74, 6) is -0.664. The van der Waals surface area contributed by atoms with Crippen molar-refractivity contribution in [1.29, 1.82) is 0 Å². The Morgan fingerprint density at radius 3 is 3.07 bits per heavy atom. The zero-order valence-electron chi connectivity index (χ0n) is 7.23. The van der Waals surface area contributed by atoms with E-state index in [1.807, 2.05) is 0 Å². The van der Waals surface area contributed by atoms with Gasteiger partial charge in [0.2, 0.25) is 6.61 Å². The molecule has 0 bridgehead atoms. The van der Waals surface area contributed by atoms with Crippen LogP contribution in [0.3, 0.4) is 0 Å². The molecule has 1 aromatic heterocycles. The molecule has 0 spiro atoms. The van der Waals surface area contributed by atoms with Gasteiger partial charge in [-0.1, -0.05) is 10.3 Å². The molecule has 76 valence electrons. The third-order valence-electron chi connectivity index (χ3n) is 1.23. The number of carboxylic acid groups (broad SMARTS) is 1. The highest BCUT2D eigenvalue weighted by molar-refractivity contribution is 9.10. The van der Waals surface area contributed by atoms with Gasteiger partial charge in [0.25, 0.3) is 0 Å². The van der Waals surface area contributed by atoms with Gasteiger partial charge in [-0.25, -0.2) is 4.79 Å². The second-order valence-corrected chi connectivity index (χ2v) is 3.17. The van der Waals surface area contributed by atoms with Gasteiger partial charge in [0.15, 0.2) is 5.76 Å². The lowest BCUT2D eigenvalue weighted by Gasteiger charge is -1.94. The number of halogens is 1. The Morgan fingerprint density at radius 1 is 1.86 bits per heavy atom. The normalized spacial score (nSPS) is 11.4. The molecule has 1 heterocycles. The molecule has 14 heavy (non-hydrogen) atoms. The standard InChI is InChI=1S/C7H7BrN2O4/c1-4(9-13-3-7(11)12)5-2-6(8)10-14-5/h2H,3H2,1H3,(H,11,12)/b9-4+. The monoisotopic (exact) mass is 262 g/mol. The summed E-state index contributed by atoms with van der Waals surface area (Å²) in [5, 5.41) is 15.4. The molecule has 0 amide bonds. The predicted molar refractivity (Wildman–Crippen MR) is 50.0 cm³/mol. The van der Waals surface area contributed by atoms with Gasteiger partial charge in [-0.3, -0.25) is 0 Å². The van der Waals surface area contributed by atoms with Gasteiger partial charge in [0, 0.05) is 6.07 Å². The van der Waals surface area contributed by atoms with E-state index in [1.165, 1.54) is 0 Å². The van der Waals surface area contributed by atoms with Gasteiger partial charge >= 0.3 is 5.97 Å². The number of rotatable bonds is 4. The van der Waals surface area contributed by atoms with E-state index in [1.54, 1.807) is 13.0 Å². The Kier molecular flexibility index (Phi) is 3.63. The van der Waals surface area contributed by atoms with E-state index in [9.17, 15) is 4.79 Å². The first kappa shape index (κ1) is 10.7. The maximum atomic E-state index is 10.1. The zero-order valence-corrected chi connectivity index (χ0v) is 8.81. The van der Waals surface area contributed by atoms with Crippen LogP contribution >= 0.6 is 15.9 Å². The van der Waals surface area contributed by atoms with E-state index in [0.29, 0.717) is 16.1 Å². The van der Waals surface area contributed by atoms with E-state index >= 15 is 0 Å². The Bertz CT molecular complexity index is 360. The summed E-state index contributed by atoms with van der Waals surface area (Å²) < 4.78 is 5.37. The van der Waals surface area contributed by atoms with Gasteiger partial charge in [-0.05, 0) is 22.9 Å². The highest BCUT2D eigenvalue weighted by atomic mass is 79.9. The third kappa shape index (κ3) is 3.17. The number of carboxylic acids is 1. The van der Waals surface area contributed by atoms with Crippen LogP contribution in [0.15, 0.2) is 20.3 Å². The molecule has 0 fully saturated rings. The van der Waals surface area contributed by atoms with Crippen molar-refractivity contribution in [1.82, 2.24) is 5.16 Å². The molecule has 0 aliphatic carbocycles. The Balaban J connectivity index is 2.56. The predicted octanol–water partition coefficient (Wildman–Crippen LogP) is 1.26. The summed E-state index contributed by atoms with van der Waals surface area (Å²) in [7, 11) is 0. The van der Waals surface area contributed by atoms with Crippen LogP contribution in [-0.4, -0.2) is 28.6 Å². The summed E-state index contributed by atoms with van der Waals surface area (Å²) in [6, 6.07) is 1.60. The van der Waals surface area contributed by atoms with Crippen LogP contribution in [0.2, 0.25) is 0 Å². The molecule has 0 atom stereocenters. The van der Waals surface area contributed by atoms with Gasteiger partial charge < -0.3 is 14.5 Å². The first-order valence-electron chi connectivity index (χ1n) is 3.60. The van der Waals surface area contributed by atoms with E-state index in [-0.39, 0.29) is 0 Å². The minimum Gasteiger partial charge on any atom is -0.479 e. The van der Waals surface area contributed by atoms with E-state index in [2.05, 4.69) is 31.1 Å². The van der Waals surface area contributed by atoms with Crippen LogP contribution in [0, 0.1) is 0 Å². The van der Waals surface area contributed by atoms with Crippen molar-refractivity contribution in [2.45, 2.75) is 6.92 Å².